The van der Waals surface area contributed by atoms with Crippen LogP contribution in [0.25, 0.3) is 0 Å². The molecule has 7 nitrogen and oxygen atoms in total. The van der Waals surface area contributed by atoms with Gasteiger partial charge in [0.15, 0.2) is 0 Å². The lowest BCUT2D eigenvalue weighted by Gasteiger charge is -2.53. The van der Waals surface area contributed by atoms with Crippen LogP contribution in [0.2, 0.25) is 0 Å². The first kappa shape index (κ1) is 18.1. The molecule has 0 amide bonds. The molecular formula is C20H27N5O2. The van der Waals surface area contributed by atoms with Crippen LogP contribution >= 0.6 is 0 Å². The number of hydrogen-bond donors (Lipinski definition) is 0. The predicted octanol–water partition coefficient (Wildman–Crippen LogP) is 2.20. The zero-order valence-electron chi connectivity index (χ0n) is 16.3. The standard InChI is InChI=1S/C20H27N5O2/c1-15-5-4-6-16(23-15)11-26-17-7-8-27-20(10-17)12-25(13-20)19-9-18(24(2)3)21-14-22-19/h4-6,9,14,17H,7-8,10-13H2,1-3H3. The highest BCUT2D eigenvalue weighted by Gasteiger charge is 2.48. The monoisotopic (exact) mass is 369 g/mol. The van der Waals surface area contributed by atoms with Crippen LogP contribution in [0, 0.1) is 6.92 Å². The Morgan fingerprint density at radius 3 is 2.93 bits per heavy atom. The van der Waals surface area contributed by atoms with E-state index >= 15 is 0 Å². The van der Waals surface area contributed by atoms with Crippen LogP contribution in [0.3, 0.4) is 0 Å². The van der Waals surface area contributed by atoms with Crippen molar-refractivity contribution < 1.29 is 9.47 Å². The van der Waals surface area contributed by atoms with Gasteiger partial charge in [0.2, 0.25) is 0 Å². The number of anilines is 2. The molecule has 4 rings (SSSR count). The highest BCUT2D eigenvalue weighted by Crippen LogP contribution is 2.37. The van der Waals surface area contributed by atoms with Gasteiger partial charge < -0.3 is 19.3 Å². The third kappa shape index (κ3) is 4.04. The van der Waals surface area contributed by atoms with Crippen LogP contribution in [-0.4, -0.2) is 60.4 Å². The minimum atomic E-state index is -0.119. The molecule has 0 saturated carbocycles. The van der Waals surface area contributed by atoms with Crippen molar-refractivity contribution in [3.8, 4) is 0 Å². The summed E-state index contributed by atoms with van der Waals surface area (Å²) >= 11 is 0. The minimum absolute atomic E-state index is 0.119. The summed E-state index contributed by atoms with van der Waals surface area (Å²) in [5.41, 5.74) is 1.89. The van der Waals surface area contributed by atoms with Gasteiger partial charge in [-0.2, -0.15) is 0 Å². The first-order valence-electron chi connectivity index (χ1n) is 9.45. The molecule has 27 heavy (non-hydrogen) atoms. The number of hydrogen-bond acceptors (Lipinski definition) is 7. The van der Waals surface area contributed by atoms with Crippen molar-refractivity contribution in [1.82, 2.24) is 15.0 Å². The summed E-state index contributed by atoms with van der Waals surface area (Å²) in [4.78, 5) is 17.5. The molecule has 144 valence electrons. The van der Waals surface area contributed by atoms with Crippen LogP contribution in [0.5, 0.6) is 0 Å². The molecule has 2 aliphatic rings. The van der Waals surface area contributed by atoms with Crippen molar-refractivity contribution in [3.05, 3.63) is 42.0 Å². The van der Waals surface area contributed by atoms with Crippen molar-refractivity contribution in [1.29, 1.82) is 0 Å². The van der Waals surface area contributed by atoms with E-state index in [-0.39, 0.29) is 11.7 Å². The van der Waals surface area contributed by atoms with E-state index in [1.54, 1.807) is 6.33 Å². The van der Waals surface area contributed by atoms with Crippen molar-refractivity contribution in [2.24, 2.45) is 0 Å². The normalized spacial score (nSPS) is 21.1. The molecule has 2 fully saturated rings. The molecule has 0 N–H and O–H groups in total. The molecule has 0 bridgehead atoms. The molecule has 2 saturated heterocycles. The van der Waals surface area contributed by atoms with E-state index in [1.165, 1.54) is 0 Å². The smallest absolute Gasteiger partial charge is 0.134 e. The Balaban J connectivity index is 1.33. The van der Waals surface area contributed by atoms with Crippen LogP contribution < -0.4 is 9.80 Å². The third-order valence-electron chi connectivity index (χ3n) is 5.24. The molecule has 0 aliphatic carbocycles. The average Bonchev–Trinajstić information content (AvgIpc) is 2.65. The van der Waals surface area contributed by atoms with Gasteiger partial charge in [0, 0.05) is 38.9 Å². The van der Waals surface area contributed by atoms with E-state index in [2.05, 4.69) is 19.9 Å². The summed E-state index contributed by atoms with van der Waals surface area (Å²) in [6.07, 6.45) is 3.69. The lowest BCUT2D eigenvalue weighted by atomic mass is 9.84. The second-order valence-corrected chi connectivity index (χ2v) is 7.71. The second-order valence-electron chi connectivity index (χ2n) is 7.71. The van der Waals surface area contributed by atoms with E-state index < -0.39 is 0 Å². The fourth-order valence-electron chi connectivity index (χ4n) is 3.79. The Morgan fingerprint density at radius 2 is 2.15 bits per heavy atom. The lowest BCUT2D eigenvalue weighted by Crippen LogP contribution is -2.66. The Kier molecular flexibility index (Phi) is 4.97. The Hall–Kier alpha value is -2.25. The summed E-state index contributed by atoms with van der Waals surface area (Å²) in [5.74, 6) is 1.87. The van der Waals surface area contributed by atoms with Crippen LogP contribution in [0.1, 0.15) is 24.2 Å². The van der Waals surface area contributed by atoms with Gasteiger partial charge in [0.25, 0.3) is 0 Å². The molecule has 1 atom stereocenters. The van der Waals surface area contributed by atoms with E-state index in [9.17, 15) is 0 Å². The number of ether oxygens (including phenoxy) is 2. The Bertz CT molecular complexity index is 791. The average molecular weight is 369 g/mol. The first-order chi connectivity index (χ1) is 13.0. The topological polar surface area (TPSA) is 63.6 Å². The van der Waals surface area contributed by atoms with Gasteiger partial charge in [-0.25, -0.2) is 9.97 Å². The Morgan fingerprint density at radius 1 is 1.30 bits per heavy atom. The largest absolute Gasteiger partial charge is 0.372 e. The van der Waals surface area contributed by atoms with Crippen molar-refractivity contribution >= 4 is 11.6 Å². The maximum Gasteiger partial charge on any atom is 0.134 e. The third-order valence-corrected chi connectivity index (χ3v) is 5.24. The molecule has 0 aromatic carbocycles. The van der Waals surface area contributed by atoms with Gasteiger partial charge in [0.1, 0.15) is 23.6 Å². The molecule has 1 unspecified atom stereocenters. The molecule has 2 aliphatic heterocycles. The second kappa shape index (κ2) is 7.40. The van der Waals surface area contributed by atoms with Gasteiger partial charge in [-0.1, -0.05) is 6.07 Å². The summed E-state index contributed by atoms with van der Waals surface area (Å²) in [6, 6.07) is 8.07. The highest BCUT2D eigenvalue weighted by molar-refractivity contribution is 5.52. The first-order valence-corrected chi connectivity index (χ1v) is 9.45. The number of aromatic nitrogens is 3. The van der Waals surface area contributed by atoms with Gasteiger partial charge in [0.05, 0.1) is 31.5 Å². The fraction of sp³-hybridized carbons (Fsp3) is 0.550. The zero-order chi connectivity index (χ0) is 18.9. The molecule has 2 aromatic heterocycles. The van der Waals surface area contributed by atoms with Crippen molar-refractivity contribution in [3.63, 3.8) is 0 Å². The maximum absolute atomic E-state index is 6.15. The zero-order valence-corrected chi connectivity index (χ0v) is 16.3. The minimum Gasteiger partial charge on any atom is -0.372 e. The van der Waals surface area contributed by atoms with Crippen LogP contribution in [-0.2, 0) is 16.1 Å². The van der Waals surface area contributed by atoms with Gasteiger partial charge in [-0.15, -0.1) is 0 Å². The summed E-state index contributed by atoms with van der Waals surface area (Å²) in [5, 5.41) is 0. The Labute approximate surface area is 160 Å². The van der Waals surface area contributed by atoms with E-state index in [4.69, 9.17) is 9.47 Å². The van der Waals surface area contributed by atoms with Crippen LogP contribution in [0.15, 0.2) is 30.6 Å². The SMILES string of the molecule is Cc1cccc(COC2CCOC3(C2)CN(c2cc(N(C)C)ncn2)C3)n1. The predicted molar refractivity (Wildman–Crippen MR) is 104 cm³/mol. The van der Waals surface area contributed by atoms with Crippen molar-refractivity contribution in [2.45, 2.75) is 38.1 Å². The van der Waals surface area contributed by atoms with Crippen LogP contribution in [0.4, 0.5) is 11.6 Å². The van der Waals surface area contributed by atoms with Gasteiger partial charge in [-0.05, 0) is 25.5 Å². The lowest BCUT2D eigenvalue weighted by molar-refractivity contribution is -0.148. The summed E-state index contributed by atoms with van der Waals surface area (Å²) in [7, 11) is 3.97. The fourth-order valence-corrected chi connectivity index (χ4v) is 3.79. The molecule has 4 heterocycles. The van der Waals surface area contributed by atoms with Gasteiger partial charge >= 0.3 is 0 Å². The number of pyridine rings is 1. The molecule has 2 aromatic rings. The highest BCUT2D eigenvalue weighted by atomic mass is 16.5. The van der Waals surface area contributed by atoms with Crippen molar-refractivity contribution in [2.75, 3.05) is 43.6 Å². The number of aryl methyl sites for hydroxylation is 1. The molecule has 1 spiro atoms. The quantitative estimate of drug-likeness (QED) is 0.800. The molecule has 7 heteroatoms. The van der Waals surface area contributed by atoms with Gasteiger partial charge in [-0.3, -0.25) is 4.98 Å². The van der Waals surface area contributed by atoms with E-state index in [1.807, 2.05) is 50.2 Å². The number of rotatable bonds is 5. The molecule has 0 radical (unpaired) electrons. The van der Waals surface area contributed by atoms with E-state index in [0.29, 0.717) is 6.61 Å². The number of nitrogens with zero attached hydrogens (tertiary/aromatic N) is 5. The van der Waals surface area contributed by atoms with E-state index in [0.717, 1.165) is 55.6 Å². The molecular weight excluding hydrogens is 342 g/mol. The summed E-state index contributed by atoms with van der Waals surface area (Å²) in [6.45, 7) is 5.00. The maximum atomic E-state index is 6.15. The summed E-state index contributed by atoms with van der Waals surface area (Å²) < 4.78 is 12.3.